The normalized spacial score (nSPS) is 20.1. The molecule has 2 atom stereocenters. The van der Waals surface area contributed by atoms with Crippen molar-refractivity contribution in [3.05, 3.63) is 46.5 Å². The predicted molar refractivity (Wildman–Crippen MR) is 82.5 cm³/mol. The molecule has 3 rings (SSSR count). The first kappa shape index (κ1) is 14.0. The van der Waals surface area contributed by atoms with Gasteiger partial charge in [-0.2, -0.15) is 0 Å². The molecule has 0 fully saturated rings. The van der Waals surface area contributed by atoms with Crippen LogP contribution in [0.1, 0.15) is 29.0 Å². The van der Waals surface area contributed by atoms with Crippen molar-refractivity contribution in [2.75, 3.05) is 5.32 Å². The lowest BCUT2D eigenvalue weighted by molar-refractivity contribution is 0.144. The second-order valence-corrected chi connectivity index (χ2v) is 6.15. The van der Waals surface area contributed by atoms with Crippen molar-refractivity contribution in [1.29, 1.82) is 0 Å². The van der Waals surface area contributed by atoms with Crippen molar-refractivity contribution in [2.45, 2.75) is 31.9 Å². The number of hydrogen-bond donors (Lipinski definition) is 3. The van der Waals surface area contributed by atoms with E-state index in [0.717, 1.165) is 22.4 Å². The minimum atomic E-state index is -0.587. The first-order valence-corrected chi connectivity index (χ1v) is 7.77. The van der Waals surface area contributed by atoms with Gasteiger partial charge in [0.15, 0.2) is 5.13 Å². The molecule has 0 unspecified atom stereocenters. The third kappa shape index (κ3) is 2.91. The van der Waals surface area contributed by atoms with E-state index < -0.39 is 6.10 Å². The number of nitrogens with one attached hydrogen (secondary N) is 2. The lowest BCUT2D eigenvalue weighted by Crippen LogP contribution is -2.36. The van der Waals surface area contributed by atoms with Crippen LogP contribution in [0.3, 0.4) is 0 Å². The number of amides is 2. The lowest BCUT2D eigenvalue weighted by Gasteiger charge is -2.17. The maximum atomic E-state index is 12.1. The van der Waals surface area contributed by atoms with Gasteiger partial charge in [-0.15, -0.1) is 11.3 Å². The number of nitrogens with zero attached hydrogens (tertiary/aromatic N) is 1. The Labute approximate surface area is 127 Å². The van der Waals surface area contributed by atoms with Gasteiger partial charge in [0.2, 0.25) is 0 Å². The zero-order valence-corrected chi connectivity index (χ0v) is 12.5. The molecule has 1 aromatic heterocycles. The molecule has 0 spiro atoms. The number of aliphatic hydroxyl groups excluding tert-OH is 1. The molecule has 0 aliphatic heterocycles. The summed E-state index contributed by atoms with van der Waals surface area (Å²) in [5.74, 6) is 0. The van der Waals surface area contributed by atoms with Crippen LogP contribution in [0.15, 0.2) is 30.5 Å². The van der Waals surface area contributed by atoms with Gasteiger partial charge in [0.05, 0.1) is 12.1 Å². The third-order valence-corrected chi connectivity index (χ3v) is 4.67. The second-order valence-electron chi connectivity index (χ2n) is 5.03. The smallest absolute Gasteiger partial charge is 0.321 e. The molecule has 1 heterocycles. The Morgan fingerprint density at radius 1 is 1.48 bits per heavy atom. The summed E-state index contributed by atoms with van der Waals surface area (Å²) in [5.41, 5.74) is 2.06. The molecule has 1 aliphatic rings. The monoisotopic (exact) mass is 303 g/mol. The van der Waals surface area contributed by atoms with Crippen molar-refractivity contribution in [3.63, 3.8) is 0 Å². The van der Waals surface area contributed by atoms with Gasteiger partial charge in [-0.1, -0.05) is 31.2 Å². The highest BCUT2D eigenvalue weighted by Crippen LogP contribution is 2.31. The van der Waals surface area contributed by atoms with E-state index in [2.05, 4.69) is 15.6 Å². The number of aromatic nitrogens is 1. The lowest BCUT2D eigenvalue weighted by atomic mass is 10.1. The summed E-state index contributed by atoms with van der Waals surface area (Å²) in [6.45, 7) is 2.04. The van der Waals surface area contributed by atoms with E-state index in [9.17, 15) is 9.90 Å². The first-order chi connectivity index (χ1) is 10.2. The van der Waals surface area contributed by atoms with Gasteiger partial charge in [-0.3, -0.25) is 5.32 Å². The Balaban J connectivity index is 1.67. The van der Waals surface area contributed by atoms with Gasteiger partial charge >= 0.3 is 6.03 Å². The van der Waals surface area contributed by atoms with E-state index in [4.69, 9.17) is 0 Å². The second kappa shape index (κ2) is 5.83. The molecular weight excluding hydrogens is 286 g/mol. The Morgan fingerprint density at radius 2 is 2.29 bits per heavy atom. The summed E-state index contributed by atoms with van der Waals surface area (Å²) in [4.78, 5) is 17.3. The minimum Gasteiger partial charge on any atom is -0.390 e. The molecule has 110 valence electrons. The van der Waals surface area contributed by atoms with E-state index in [0.29, 0.717) is 11.6 Å². The Bertz CT molecular complexity index is 656. The van der Waals surface area contributed by atoms with Gasteiger partial charge in [-0.25, -0.2) is 9.78 Å². The molecule has 5 nitrogen and oxygen atoms in total. The number of aliphatic hydroxyl groups is 1. The summed E-state index contributed by atoms with van der Waals surface area (Å²) < 4.78 is 0. The average molecular weight is 303 g/mol. The quantitative estimate of drug-likeness (QED) is 0.815. The Hall–Kier alpha value is -1.92. The van der Waals surface area contributed by atoms with Crippen LogP contribution in [0.5, 0.6) is 0 Å². The first-order valence-electron chi connectivity index (χ1n) is 6.95. The number of rotatable bonds is 3. The predicted octanol–water partition coefficient (Wildman–Crippen LogP) is 2.49. The van der Waals surface area contributed by atoms with E-state index in [-0.39, 0.29) is 12.1 Å². The number of carbonyl (C=O) groups excluding carboxylic acids is 1. The zero-order chi connectivity index (χ0) is 14.8. The highest BCUT2D eigenvalue weighted by atomic mass is 32.1. The topological polar surface area (TPSA) is 74.2 Å². The van der Waals surface area contributed by atoms with Gasteiger partial charge in [-0.05, 0) is 17.5 Å². The van der Waals surface area contributed by atoms with Gasteiger partial charge < -0.3 is 10.4 Å². The third-order valence-electron chi connectivity index (χ3n) is 3.61. The fourth-order valence-electron chi connectivity index (χ4n) is 2.55. The van der Waals surface area contributed by atoms with Crippen LogP contribution >= 0.6 is 11.3 Å². The highest BCUT2D eigenvalue weighted by molar-refractivity contribution is 7.15. The summed E-state index contributed by atoms with van der Waals surface area (Å²) in [6.07, 6.45) is 2.64. The van der Waals surface area contributed by atoms with Crippen LogP contribution in [0.4, 0.5) is 9.93 Å². The van der Waals surface area contributed by atoms with Gasteiger partial charge in [0, 0.05) is 17.5 Å². The van der Waals surface area contributed by atoms with Gasteiger partial charge in [0.25, 0.3) is 0 Å². The van der Waals surface area contributed by atoms with E-state index in [1.165, 1.54) is 11.3 Å². The molecule has 1 aliphatic carbocycles. The fraction of sp³-hybridized carbons (Fsp3) is 0.333. The zero-order valence-electron chi connectivity index (χ0n) is 11.7. The minimum absolute atomic E-state index is 0.340. The molecule has 21 heavy (non-hydrogen) atoms. The van der Waals surface area contributed by atoms with Crippen molar-refractivity contribution >= 4 is 22.5 Å². The molecule has 0 bridgehead atoms. The number of anilines is 1. The number of urea groups is 1. The largest absolute Gasteiger partial charge is 0.390 e. The number of fused-ring (bicyclic) bond motifs is 1. The summed E-state index contributed by atoms with van der Waals surface area (Å²) >= 11 is 1.46. The van der Waals surface area contributed by atoms with Crippen LogP contribution < -0.4 is 10.6 Å². The Morgan fingerprint density at radius 3 is 3.05 bits per heavy atom. The summed E-state index contributed by atoms with van der Waals surface area (Å²) in [6, 6.07) is 7.06. The molecule has 2 aromatic rings. The highest BCUT2D eigenvalue weighted by Gasteiger charge is 2.31. The van der Waals surface area contributed by atoms with Crippen LogP contribution in [0.2, 0.25) is 0 Å². The van der Waals surface area contributed by atoms with Crippen molar-refractivity contribution in [1.82, 2.24) is 10.3 Å². The fourth-order valence-corrected chi connectivity index (χ4v) is 3.30. The molecule has 1 aromatic carbocycles. The number of benzene rings is 1. The van der Waals surface area contributed by atoms with Crippen LogP contribution in [0.25, 0.3) is 0 Å². The maximum absolute atomic E-state index is 12.1. The van der Waals surface area contributed by atoms with Crippen LogP contribution in [-0.4, -0.2) is 22.2 Å². The van der Waals surface area contributed by atoms with E-state index in [1.54, 1.807) is 6.20 Å². The molecular formula is C15H17N3O2S. The average Bonchev–Trinajstić information content (AvgIpc) is 3.04. The molecule has 3 N–H and O–H groups in total. The molecule has 0 saturated heterocycles. The molecule has 0 radical (unpaired) electrons. The number of aryl methyl sites for hydroxylation is 1. The van der Waals surface area contributed by atoms with E-state index in [1.807, 2.05) is 31.2 Å². The van der Waals surface area contributed by atoms with E-state index >= 15 is 0 Å². The molecule has 6 heteroatoms. The SMILES string of the molecule is CCc1cnc(NC(=O)N[C@@H]2c3ccccc3C[C@@H]2O)s1. The van der Waals surface area contributed by atoms with Gasteiger partial charge in [0.1, 0.15) is 0 Å². The molecule has 0 saturated carbocycles. The molecule has 2 amide bonds. The number of carbonyl (C=O) groups is 1. The summed E-state index contributed by atoms with van der Waals surface area (Å²) in [7, 11) is 0. The van der Waals surface area contributed by atoms with Crippen molar-refractivity contribution < 1.29 is 9.90 Å². The van der Waals surface area contributed by atoms with Crippen LogP contribution in [-0.2, 0) is 12.8 Å². The van der Waals surface area contributed by atoms with Crippen molar-refractivity contribution in [3.8, 4) is 0 Å². The Kier molecular flexibility index (Phi) is 3.90. The summed E-state index contributed by atoms with van der Waals surface area (Å²) in [5, 5.41) is 16.2. The standard InChI is InChI=1S/C15H17N3O2S/c1-2-10-8-16-15(21-10)18-14(20)17-13-11-6-4-3-5-9(11)7-12(13)19/h3-6,8,12-13,19H,2,7H2,1H3,(H2,16,17,18,20)/t12-,13+/m0/s1. The van der Waals surface area contributed by atoms with Crippen LogP contribution in [0, 0.1) is 0 Å². The number of hydrogen-bond acceptors (Lipinski definition) is 4. The van der Waals surface area contributed by atoms with Crippen molar-refractivity contribution in [2.24, 2.45) is 0 Å². The maximum Gasteiger partial charge on any atom is 0.321 e. The number of thiazole rings is 1.